The van der Waals surface area contributed by atoms with E-state index in [0.29, 0.717) is 0 Å². The molecule has 0 radical (unpaired) electrons. The molecule has 1 fully saturated rings. The van der Waals surface area contributed by atoms with E-state index in [4.69, 9.17) is 4.43 Å². The van der Waals surface area contributed by atoms with Crippen molar-refractivity contribution in [1.29, 1.82) is 0 Å². The fraction of sp³-hybridized carbons (Fsp3) is 1.00. The van der Waals surface area contributed by atoms with E-state index in [9.17, 15) is 0 Å². The maximum atomic E-state index is 5.21. The fourth-order valence-electron chi connectivity index (χ4n) is 0.687. The van der Waals surface area contributed by atoms with Crippen LogP contribution in [-0.2, 0) is 4.43 Å². The molecule has 10 heavy (non-hydrogen) atoms. The highest BCUT2D eigenvalue weighted by molar-refractivity contribution is 6.27. The third-order valence-electron chi connectivity index (χ3n) is 1.58. The van der Waals surface area contributed by atoms with Gasteiger partial charge in [0, 0.05) is 6.61 Å². The van der Waals surface area contributed by atoms with Crippen molar-refractivity contribution in [3.8, 4) is 0 Å². The van der Waals surface area contributed by atoms with E-state index in [2.05, 4.69) is 13.8 Å². The molecule has 0 saturated carbocycles. The summed E-state index contributed by atoms with van der Waals surface area (Å²) in [6.45, 7) is 5.42. The average molecular weight is 160 g/mol. The van der Waals surface area contributed by atoms with Crippen LogP contribution >= 0.6 is 0 Å². The van der Waals surface area contributed by atoms with Gasteiger partial charge in [-0.25, -0.2) is 0 Å². The Labute approximate surface area is 67.1 Å². The molecular weight excluding hydrogens is 140 g/mol. The maximum absolute atomic E-state index is 5.21. The van der Waals surface area contributed by atoms with E-state index >= 15 is 0 Å². The number of rotatable bonds is 1. The Kier molecular flexibility index (Phi) is 9.34. The van der Waals surface area contributed by atoms with E-state index in [1.165, 1.54) is 31.7 Å². The lowest BCUT2D eigenvalue weighted by atomic mass is 10.4. The van der Waals surface area contributed by atoms with Crippen LogP contribution in [0.3, 0.4) is 0 Å². The van der Waals surface area contributed by atoms with Crippen LogP contribution in [-0.4, -0.2) is 16.4 Å². The summed E-state index contributed by atoms with van der Waals surface area (Å²) in [5.41, 5.74) is 0. The highest BCUT2D eigenvalue weighted by Gasteiger charge is 1.96. The largest absolute Gasteiger partial charge is 0.424 e. The monoisotopic (exact) mass is 160 g/mol. The van der Waals surface area contributed by atoms with E-state index in [1.54, 1.807) is 0 Å². The molecule has 0 spiro atoms. The summed E-state index contributed by atoms with van der Waals surface area (Å²) >= 11 is 0. The van der Waals surface area contributed by atoms with Crippen molar-refractivity contribution in [3.05, 3.63) is 0 Å². The van der Waals surface area contributed by atoms with Crippen molar-refractivity contribution in [1.82, 2.24) is 0 Å². The van der Waals surface area contributed by atoms with Gasteiger partial charge < -0.3 is 4.43 Å². The minimum atomic E-state index is 0.00849. The van der Waals surface area contributed by atoms with Crippen LogP contribution in [0.2, 0.25) is 6.04 Å². The van der Waals surface area contributed by atoms with Gasteiger partial charge in [-0.3, -0.25) is 0 Å². The fourth-order valence-corrected chi connectivity index (χ4v) is 1.86. The molecule has 0 bridgehead atoms. The number of unbranched alkanes of at least 4 members (excludes halogenated alkanes) is 1. The van der Waals surface area contributed by atoms with Gasteiger partial charge in [0.15, 0.2) is 9.76 Å². The molecule has 1 heterocycles. The van der Waals surface area contributed by atoms with Gasteiger partial charge in [0.25, 0.3) is 0 Å². The van der Waals surface area contributed by atoms with Crippen LogP contribution in [0.1, 0.15) is 39.5 Å². The highest BCUT2D eigenvalue weighted by atomic mass is 28.2. The topological polar surface area (TPSA) is 9.23 Å². The van der Waals surface area contributed by atoms with Crippen LogP contribution in [0.5, 0.6) is 0 Å². The maximum Gasteiger partial charge on any atom is 0.161 e. The van der Waals surface area contributed by atoms with Crippen molar-refractivity contribution in [2.24, 2.45) is 0 Å². The summed E-state index contributed by atoms with van der Waals surface area (Å²) < 4.78 is 5.21. The number of hydrogen-bond acceptors (Lipinski definition) is 1. The van der Waals surface area contributed by atoms with Gasteiger partial charge in [0.2, 0.25) is 0 Å². The molecule has 0 unspecified atom stereocenters. The van der Waals surface area contributed by atoms with E-state index < -0.39 is 0 Å². The van der Waals surface area contributed by atoms with Crippen LogP contribution < -0.4 is 0 Å². The Balaban J connectivity index is 0.000000180. The summed E-state index contributed by atoms with van der Waals surface area (Å²) in [6, 6.07) is 1.42. The zero-order valence-electron chi connectivity index (χ0n) is 7.36. The van der Waals surface area contributed by atoms with Crippen molar-refractivity contribution in [3.63, 3.8) is 0 Å². The van der Waals surface area contributed by atoms with Gasteiger partial charge >= 0.3 is 0 Å². The van der Waals surface area contributed by atoms with Crippen LogP contribution in [0.4, 0.5) is 0 Å². The molecule has 0 aromatic heterocycles. The minimum Gasteiger partial charge on any atom is -0.424 e. The average Bonchev–Trinajstić information content (AvgIpc) is 2.08. The Morgan fingerprint density at radius 1 is 1.20 bits per heavy atom. The summed E-state index contributed by atoms with van der Waals surface area (Å²) in [6.07, 6.45) is 5.39. The van der Waals surface area contributed by atoms with Crippen LogP contribution in [0.15, 0.2) is 0 Å². The second-order valence-electron chi connectivity index (χ2n) is 2.67. The molecule has 2 heteroatoms. The zero-order chi connectivity index (χ0) is 7.66. The normalized spacial score (nSPS) is 19.8. The molecular formula is C8H20OSi. The summed E-state index contributed by atoms with van der Waals surface area (Å²) in [5, 5.41) is 0. The Morgan fingerprint density at radius 2 is 1.90 bits per heavy atom. The molecule has 0 aromatic rings. The summed E-state index contributed by atoms with van der Waals surface area (Å²) in [5.74, 6) is 0. The molecule has 1 nitrogen and oxygen atoms in total. The van der Waals surface area contributed by atoms with Gasteiger partial charge in [-0.1, -0.05) is 33.1 Å². The zero-order valence-corrected chi connectivity index (χ0v) is 8.77. The first kappa shape index (κ1) is 10.2. The summed E-state index contributed by atoms with van der Waals surface area (Å²) in [7, 11) is 0.00849. The van der Waals surface area contributed by atoms with E-state index in [0.717, 1.165) is 6.61 Å². The van der Waals surface area contributed by atoms with Gasteiger partial charge in [0.1, 0.15) is 0 Å². The predicted molar refractivity (Wildman–Crippen MR) is 49.1 cm³/mol. The quantitative estimate of drug-likeness (QED) is 0.534. The van der Waals surface area contributed by atoms with Crippen LogP contribution in [0.25, 0.3) is 0 Å². The first-order valence-electron chi connectivity index (χ1n) is 4.49. The Hall–Kier alpha value is 0.177. The Morgan fingerprint density at radius 3 is 2.00 bits per heavy atom. The molecule has 0 N–H and O–H groups in total. The molecule has 0 amide bonds. The standard InChI is InChI=1S/C4H10OSi.C4H10/c1-2-4-6-5-3-1;1-3-4-2/h1-4,6H2;3-4H2,1-2H3. The van der Waals surface area contributed by atoms with Crippen molar-refractivity contribution < 1.29 is 4.43 Å². The predicted octanol–water partition coefficient (Wildman–Crippen LogP) is 2.11. The summed E-state index contributed by atoms with van der Waals surface area (Å²) in [4.78, 5) is 0. The molecule has 1 aliphatic heterocycles. The molecule has 0 atom stereocenters. The molecule has 1 saturated heterocycles. The van der Waals surface area contributed by atoms with Gasteiger partial charge in [-0.2, -0.15) is 0 Å². The van der Waals surface area contributed by atoms with E-state index in [1.807, 2.05) is 0 Å². The van der Waals surface area contributed by atoms with Crippen molar-refractivity contribution in [2.45, 2.75) is 45.6 Å². The SMILES string of the molecule is C1CC[SiH2]OC1.CCCC. The lowest BCUT2D eigenvalue weighted by Gasteiger charge is -2.07. The first-order valence-corrected chi connectivity index (χ1v) is 6.07. The lowest BCUT2D eigenvalue weighted by Crippen LogP contribution is -2.06. The lowest BCUT2D eigenvalue weighted by molar-refractivity contribution is 0.304. The third kappa shape index (κ3) is 8.18. The van der Waals surface area contributed by atoms with Gasteiger partial charge in [-0.05, 0) is 12.5 Å². The third-order valence-corrected chi connectivity index (χ3v) is 2.94. The second-order valence-corrected chi connectivity index (χ2v) is 4.20. The molecule has 1 aliphatic rings. The highest BCUT2D eigenvalue weighted by Crippen LogP contribution is 2.01. The smallest absolute Gasteiger partial charge is 0.161 e. The van der Waals surface area contributed by atoms with Crippen molar-refractivity contribution >= 4 is 9.76 Å². The molecule has 0 aliphatic carbocycles. The van der Waals surface area contributed by atoms with Crippen LogP contribution in [0, 0.1) is 0 Å². The molecule has 1 rings (SSSR count). The minimum absolute atomic E-state index is 0.00849. The van der Waals surface area contributed by atoms with Gasteiger partial charge in [0.05, 0.1) is 0 Å². The Bertz CT molecular complexity index is 39.7. The second kappa shape index (κ2) is 9.18. The molecule has 0 aromatic carbocycles. The van der Waals surface area contributed by atoms with Crippen molar-refractivity contribution in [2.75, 3.05) is 6.61 Å². The van der Waals surface area contributed by atoms with Gasteiger partial charge in [-0.15, -0.1) is 0 Å². The number of hydrogen-bond donors (Lipinski definition) is 0. The molecule has 62 valence electrons. The van der Waals surface area contributed by atoms with E-state index in [-0.39, 0.29) is 9.76 Å². The first-order chi connectivity index (χ1) is 4.91.